The first-order valence-electron chi connectivity index (χ1n) is 7.72. The number of carbonyl (C=O) groups is 1. The van der Waals surface area contributed by atoms with Crippen LogP contribution in [-0.4, -0.2) is 70.6 Å². The number of amides is 1. The van der Waals surface area contributed by atoms with Crippen LogP contribution < -0.4 is 10.1 Å². The van der Waals surface area contributed by atoms with Crippen molar-refractivity contribution in [3.8, 4) is 5.75 Å². The number of carbonyl (C=O) groups excluding carboxylic acids is 1. The van der Waals surface area contributed by atoms with Crippen LogP contribution in [0.3, 0.4) is 0 Å². The molecule has 0 aliphatic heterocycles. The predicted octanol–water partition coefficient (Wildman–Crippen LogP) is 0.525. The van der Waals surface area contributed by atoms with Crippen molar-refractivity contribution in [1.82, 2.24) is 14.5 Å². The molecule has 1 aromatic rings. The summed E-state index contributed by atoms with van der Waals surface area (Å²) < 4.78 is 30.1. The van der Waals surface area contributed by atoms with Crippen molar-refractivity contribution in [2.24, 2.45) is 0 Å². The predicted molar refractivity (Wildman–Crippen MR) is 94.4 cm³/mol. The molecule has 0 fully saturated rings. The zero-order chi connectivity index (χ0) is 18.2. The summed E-state index contributed by atoms with van der Waals surface area (Å²) in [6.45, 7) is 1.19. The second-order valence-corrected chi connectivity index (χ2v) is 7.82. The molecule has 7 nitrogen and oxygen atoms in total. The SMILES string of the molecule is COc1ccccc1CNC(=O)CN(CCCN(C)C)S(C)(=O)=O. The van der Waals surface area contributed by atoms with E-state index in [9.17, 15) is 13.2 Å². The minimum Gasteiger partial charge on any atom is -0.496 e. The van der Waals surface area contributed by atoms with Gasteiger partial charge in [0.2, 0.25) is 15.9 Å². The number of nitrogens with zero attached hydrogens (tertiary/aromatic N) is 2. The number of rotatable bonds is 10. The van der Waals surface area contributed by atoms with Gasteiger partial charge in [0, 0.05) is 18.7 Å². The van der Waals surface area contributed by atoms with Crippen LogP contribution in [0.1, 0.15) is 12.0 Å². The van der Waals surface area contributed by atoms with Crippen LogP contribution in [0.25, 0.3) is 0 Å². The number of sulfonamides is 1. The van der Waals surface area contributed by atoms with Gasteiger partial charge in [-0.15, -0.1) is 0 Å². The molecular weight excluding hydrogens is 330 g/mol. The van der Waals surface area contributed by atoms with E-state index in [-0.39, 0.29) is 19.0 Å². The fraction of sp³-hybridized carbons (Fsp3) is 0.562. The van der Waals surface area contributed by atoms with Gasteiger partial charge in [-0.1, -0.05) is 18.2 Å². The summed E-state index contributed by atoms with van der Waals surface area (Å²) in [5, 5.41) is 2.74. The molecule has 136 valence electrons. The molecule has 0 aliphatic carbocycles. The Labute approximate surface area is 144 Å². The van der Waals surface area contributed by atoms with E-state index in [0.717, 1.165) is 18.4 Å². The lowest BCUT2D eigenvalue weighted by Crippen LogP contribution is -2.41. The van der Waals surface area contributed by atoms with E-state index in [1.807, 2.05) is 43.3 Å². The minimum absolute atomic E-state index is 0.179. The zero-order valence-electron chi connectivity index (χ0n) is 14.8. The highest BCUT2D eigenvalue weighted by Crippen LogP contribution is 2.16. The van der Waals surface area contributed by atoms with Crippen LogP contribution in [0.4, 0.5) is 0 Å². The Balaban J connectivity index is 2.58. The molecule has 0 radical (unpaired) electrons. The Hall–Kier alpha value is -1.64. The van der Waals surface area contributed by atoms with Gasteiger partial charge in [0.05, 0.1) is 19.9 Å². The van der Waals surface area contributed by atoms with Crippen LogP contribution in [0.15, 0.2) is 24.3 Å². The number of methoxy groups -OCH3 is 1. The zero-order valence-corrected chi connectivity index (χ0v) is 15.6. The average molecular weight is 357 g/mol. The van der Waals surface area contributed by atoms with Crippen molar-refractivity contribution in [2.75, 3.05) is 47.1 Å². The van der Waals surface area contributed by atoms with E-state index in [4.69, 9.17) is 4.74 Å². The maximum atomic E-state index is 12.1. The van der Waals surface area contributed by atoms with Crippen LogP contribution in [0.5, 0.6) is 5.75 Å². The Morgan fingerprint density at radius 2 is 1.88 bits per heavy atom. The molecule has 0 spiro atoms. The molecule has 1 rings (SSSR count). The second-order valence-electron chi connectivity index (χ2n) is 5.84. The average Bonchev–Trinajstić information content (AvgIpc) is 2.51. The summed E-state index contributed by atoms with van der Waals surface area (Å²) in [7, 11) is 1.98. The van der Waals surface area contributed by atoms with Gasteiger partial charge in [-0.05, 0) is 33.1 Å². The lowest BCUT2D eigenvalue weighted by atomic mass is 10.2. The standard InChI is InChI=1S/C16H27N3O4S/c1-18(2)10-7-11-19(24(4,21)22)13-16(20)17-12-14-8-5-6-9-15(14)23-3/h5-6,8-9H,7,10-13H2,1-4H3,(H,17,20). The van der Waals surface area contributed by atoms with Crippen LogP contribution in [0.2, 0.25) is 0 Å². The lowest BCUT2D eigenvalue weighted by Gasteiger charge is -2.20. The molecular formula is C16H27N3O4S. The molecule has 1 aromatic carbocycles. The molecule has 1 N–H and O–H groups in total. The van der Waals surface area contributed by atoms with Gasteiger partial charge in [0.15, 0.2) is 0 Å². The number of ether oxygens (including phenoxy) is 1. The molecule has 0 unspecified atom stereocenters. The number of benzene rings is 1. The number of hydrogen-bond donors (Lipinski definition) is 1. The highest BCUT2D eigenvalue weighted by atomic mass is 32.2. The Kier molecular flexibility index (Phi) is 8.17. The van der Waals surface area contributed by atoms with Gasteiger partial charge in [0.1, 0.15) is 5.75 Å². The number of nitrogens with one attached hydrogen (secondary N) is 1. The summed E-state index contributed by atoms with van der Waals surface area (Å²) >= 11 is 0. The molecule has 24 heavy (non-hydrogen) atoms. The topological polar surface area (TPSA) is 79.0 Å². The first-order chi connectivity index (χ1) is 11.2. The first kappa shape index (κ1) is 20.4. The molecule has 0 bridgehead atoms. The fourth-order valence-electron chi connectivity index (χ4n) is 2.18. The lowest BCUT2D eigenvalue weighted by molar-refractivity contribution is -0.121. The molecule has 0 heterocycles. The van der Waals surface area contributed by atoms with Gasteiger partial charge < -0.3 is 15.0 Å². The fourth-order valence-corrected chi connectivity index (χ4v) is 3.00. The third-order valence-corrected chi connectivity index (χ3v) is 4.72. The molecule has 8 heteroatoms. The first-order valence-corrected chi connectivity index (χ1v) is 9.57. The van der Waals surface area contributed by atoms with Crippen molar-refractivity contribution in [2.45, 2.75) is 13.0 Å². The normalized spacial score (nSPS) is 11.8. The summed E-state index contributed by atoms with van der Waals surface area (Å²) in [4.78, 5) is 14.1. The Morgan fingerprint density at radius 3 is 2.46 bits per heavy atom. The van der Waals surface area contributed by atoms with E-state index in [1.165, 1.54) is 4.31 Å². The summed E-state index contributed by atoms with van der Waals surface area (Å²) in [6, 6.07) is 7.37. The molecule has 0 atom stereocenters. The third-order valence-electron chi connectivity index (χ3n) is 3.47. The smallest absolute Gasteiger partial charge is 0.235 e. The monoisotopic (exact) mass is 357 g/mol. The summed E-state index contributed by atoms with van der Waals surface area (Å²) in [5.74, 6) is 0.347. The largest absolute Gasteiger partial charge is 0.496 e. The van der Waals surface area contributed by atoms with Crippen LogP contribution in [0, 0.1) is 0 Å². The van der Waals surface area contributed by atoms with E-state index < -0.39 is 10.0 Å². The quantitative estimate of drug-likeness (QED) is 0.661. The highest BCUT2D eigenvalue weighted by molar-refractivity contribution is 7.88. The van der Waals surface area contributed by atoms with Crippen molar-refractivity contribution >= 4 is 15.9 Å². The van der Waals surface area contributed by atoms with Crippen LogP contribution >= 0.6 is 0 Å². The number of para-hydroxylation sites is 1. The van der Waals surface area contributed by atoms with Gasteiger partial charge in [-0.2, -0.15) is 4.31 Å². The van der Waals surface area contributed by atoms with Crippen molar-refractivity contribution < 1.29 is 17.9 Å². The van der Waals surface area contributed by atoms with Crippen molar-refractivity contribution in [1.29, 1.82) is 0 Å². The molecule has 0 saturated heterocycles. The van der Waals surface area contributed by atoms with Gasteiger partial charge >= 0.3 is 0 Å². The van der Waals surface area contributed by atoms with E-state index >= 15 is 0 Å². The summed E-state index contributed by atoms with van der Waals surface area (Å²) in [5.41, 5.74) is 0.840. The number of hydrogen-bond acceptors (Lipinski definition) is 5. The maximum absolute atomic E-state index is 12.1. The van der Waals surface area contributed by atoms with Crippen molar-refractivity contribution in [3.63, 3.8) is 0 Å². The maximum Gasteiger partial charge on any atom is 0.235 e. The minimum atomic E-state index is -3.42. The van der Waals surface area contributed by atoms with Crippen molar-refractivity contribution in [3.05, 3.63) is 29.8 Å². The molecule has 0 aromatic heterocycles. The van der Waals surface area contributed by atoms with E-state index in [2.05, 4.69) is 5.32 Å². The van der Waals surface area contributed by atoms with E-state index in [1.54, 1.807) is 7.11 Å². The summed E-state index contributed by atoms with van der Waals surface area (Å²) in [6.07, 6.45) is 1.79. The highest BCUT2D eigenvalue weighted by Gasteiger charge is 2.19. The molecule has 0 aliphatic rings. The van der Waals surface area contributed by atoms with Gasteiger partial charge in [-0.25, -0.2) is 8.42 Å². The Morgan fingerprint density at radius 1 is 1.21 bits per heavy atom. The molecule has 1 amide bonds. The third kappa shape index (κ3) is 7.29. The molecule has 0 saturated carbocycles. The van der Waals surface area contributed by atoms with E-state index in [0.29, 0.717) is 18.7 Å². The Bertz CT molecular complexity index is 632. The second kappa shape index (κ2) is 9.61. The van der Waals surface area contributed by atoms with Gasteiger partial charge in [0.25, 0.3) is 0 Å². The van der Waals surface area contributed by atoms with Crippen LogP contribution in [-0.2, 0) is 21.4 Å². The van der Waals surface area contributed by atoms with Gasteiger partial charge in [-0.3, -0.25) is 4.79 Å².